The highest BCUT2D eigenvalue weighted by Gasteiger charge is 2.22. The lowest BCUT2D eigenvalue weighted by Gasteiger charge is -2.16. The van der Waals surface area contributed by atoms with E-state index in [-0.39, 0.29) is 4.90 Å². The lowest BCUT2D eigenvalue weighted by Crippen LogP contribution is -2.17. The Bertz CT molecular complexity index is 784. The van der Waals surface area contributed by atoms with Gasteiger partial charge in [-0.25, -0.2) is 8.42 Å². The van der Waals surface area contributed by atoms with Gasteiger partial charge in [-0.1, -0.05) is 17.7 Å². The Morgan fingerprint density at radius 2 is 1.62 bits per heavy atom. The summed E-state index contributed by atoms with van der Waals surface area (Å²) in [6, 6.07) is 8.26. The summed E-state index contributed by atoms with van der Waals surface area (Å²) in [6.07, 6.45) is 0. The molecule has 21 heavy (non-hydrogen) atoms. The Morgan fingerprint density at radius 1 is 1.05 bits per heavy atom. The van der Waals surface area contributed by atoms with Crippen molar-refractivity contribution in [2.75, 3.05) is 10.5 Å². The normalized spacial score (nSPS) is 11.4. The van der Waals surface area contributed by atoms with Gasteiger partial charge in [0.25, 0.3) is 10.0 Å². The molecule has 0 spiro atoms. The van der Waals surface area contributed by atoms with Crippen LogP contribution in [0.15, 0.2) is 35.2 Å². The third-order valence-corrected chi connectivity index (χ3v) is 5.25. The molecule has 3 N–H and O–H groups in total. The molecule has 0 saturated carbocycles. The summed E-state index contributed by atoms with van der Waals surface area (Å²) in [4.78, 5) is 0.223. The highest BCUT2D eigenvalue weighted by Crippen LogP contribution is 2.29. The molecule has 0 heterocycles. The van der Waals surface area contributed by atoms with E-state index >= 15 is 0 Å². The molecule has 0 bridgehead atoms. The topological polar surface area (TPSA) is 72.2 Å². The monoisotopic (exact) mass is 324 g/mol. The predicted molar refractivity (Wildman–Crippen MR) is 87.3 cm³/mol. The number of hydrogen-bond donors (Lipinski definition) is 2. The van der Waals surface area contributed by atoms with Crippen molar-refractivity contribution in [2.24, 2.45) is 0 Å². The summed E-state index contributed by atoms with van der Waals surface area (Å²) in [5, 5.41) is 0.546. The van der Waals surface area contributed by atoms with E-state index < -0.39 is 10.0 Å². The molecule has 112 valence electrons. The molecule has 2 rings (SSSR count). The third-order valence-electron chi connectivity index (χ3n) is 3.33. The van der Waals surface area contributed by atoms with Gasteiger partial charge in [-0.3, -0.25) is 4.72 Å². The van der Waals surface area contributed by atoms with Gasteiger partial charge in [0.05, 0.1) is 4.90 Å². The molecule has 0 aliphatic heterocycles. The van der Waals surface area contributed by atoms with E-state index in [9.17, 15) is 8.42 Å². The van der Waals surface area contributed by atoms with Crippen LogP contribution in [0.4, 0.5) is 11.4 Å². The SMILES string of the molecule is Cc1cc(C)c(S(=O)(=O)Nc2ccc(Cl)cc2)c(C)c1N. The van der Waals surface area contributed by atoms with Gasteiger partial charge in [0.1, 0.15) is 0 Å². The van der Waals surface area contributed by atoms with Crippen molar-refractivity contribution in [1.29, 1.82) is 0 Å². The Hall–Kier alpha value is -1.72. The van der Waals surface area contributed by atoms with Gasteiger partial charge in [-0.15, -0.1) is 0 Å². The minimum atomic E-state index is -3.70. The number of nitrogens with one attached hydrogen (secondary N) is 1. The van der Waals surface area contributed by atoms with Crippen LogP contribution in [0.25, 0.3) is 0 Å². The first-order chi connectivity index (χ1) is 9.72. The fourth-order valence-electron chi connectivity index (χ4n) is 2.32. The molecule has 0 atom stereocenters. The fourth-order valence-corrected chi connectivity index (χ4v) is 3.99. The number of benzene rings is 2. The highest BCUT2D eigenvalue weighted by molar-refractivity contribution is 7.92. The molecule has 4 nitrogen and oxygen atoms in total. The predicted octanol–water partition coefficient (Wildman–Crippen LogP) is 3.65. The van der Waals surface area contributed by atoms with Gasteiger partial charge in [0.2, 0.25) is 0 Å². The molecule has 0 fully saturated rings. The number of nitrogen functional groups attached to an aromatic ring is 1. The molecule has 6 heteroatoms. The van der Waals surface area contributed by atoms with Gasteiger partial charge < -0.3 is 5.73 Å². The third kappa shape index (κ3) is 3.14. The summed E-state index contributed by atoms with van der Waals surface area (Å²) in [6.45, 7) is 5.33. The van der Waals surface area contributed by atoms with Crippen LogP contribution in [-0.2, 0) is 10.0 Å². The standard InChI is InChI=1S/C15H17ClN2O2S/c1-9-8-10(2)15(11(3)14(9)17)21(19,20)18-13-6-4-12(16)5-7-13/h4-8,18H,17H2,1-3H3. The second-order valence-electron chi connectivity index (χ2n) is 4.99. The smallest absolute Gasteiger partial charge is 0.262 e. The first kappa shape index (κ1) is 15.7. The second kappa shape index (κ2) is 5.58. The molecule has 0 aromatic heterocycles. The number of anilines is 2. The van der Waals surface area contributed by atoms with E-state index in [4.69, 9.17) is 17.3 Å². The van der Waals surface area contributed by atoms with E-state index in [1.54, 1.807) is 44.2 Å². The van der Waals surface area contributed by atoms with Gasteiger partial charge in [-0.2, -0.15) is 0 Å². The molecule has 0 aliphatic rings. The Balaban J connectivity index is 2.50. The molecule has 0 amide bonds. The van der Waals surface area contributed by atoms with Crippen LogP contribution in [0.2, 0.25) is 5.02 Å². The Kier molecular flexibility index (Phi) is 4.16. The van der Waals surface area contributed by atoms with Gasteiger partial charge in [0.15, 0.2) is 0 Å². The molecule has 0 radical (unpaired) electrons. The maximum atomic E-state index is 12.6. The Morgan fingerprint density at radius 3 is 2.19 bits per heavy atom. The van der Waals surface area contributed by atoms with Gasteiger partial charge >= 0.3 is 0 Å². The maximum Gasteiger partial charge on any atom is 0.262 e. The van der Waals surface area contributed by atoms with Crippen molar-refractivity contribution in [3.63, 3.8) is 0 Å². The average molecular weight is 325 g/mol. The van der Waals surface area contributed by atoms with Gasteiger partial charge in [0, 0.05) is 16.4 Å². The van der Waals surface area contributed by atoms with Crippen LogP contribution in [0.5, 0.6) is 0 Å². The molecular formula is C15H17ClN2O2S. The largest absolute Gasteiger partial charge is 0.398 e. The zero-order chi connectivity index (χ0) is 15.8. The molecule has 0 aliphatic carbocycles. The van der Waals surface area contributed by atoms with Crippen molar-refractivity contribution in [1.82, 2.24) is 0 Å². The first-order valence-corrected chi connectivity index (χ1v) is 8.23. The van der Waals surface area contributed by atoms with Crippen LogP contribution in [0, 0.1) is 20.8 Å². The lowest BCUT2D eigenvalue weighted by molar-refractivity contribution is 0.600. The van der Waals surface area contributed by atoms with E-state index in [2.05, 4.69) is 4.72 Å². The number of aryl methyl sites for hydroxylation is 2. The van der Waals surface area contributed by atoms with Crippen molar-refractivity contribution >= 4 is 33.0 Å². The van der Waals surface area contributed by atoms with Crippen LogP contribution in [0.3, 0.4) is 0 Å². The summed E-state index contributed by atoms with van der Waals surface area (Å²) in [5.41, 5.74) is 9.01. The number of rotatable bonds is 3. The summed E-state index contributed by atoms with van der Waals surface area (Å²) < 4.78 is 27.7. The minimum absolute atomic E-state index is 0.223. The van der Waals surface area contributed by atoms with E-state index in [0.29, 0.717) is 27.5 Å². The quantitative estimate of drug-likeness (QED) is 0.846. The van der Waals surface area contributed by atoms with Crippen LogP contribution in [-0.4, -0.2) is 8.42 Å². The molecule has 0 unspecified atom stereocenters. The fraction of sp³-hybridized carbons (Fsp3) is 0.200. The molecule has 0 saturated heterocycles. The zero-order valence-corrected chi connectivity index (χ0v) is 13.6. The van der Waals surface area contributed by atoms with Crippen LogP contribution in [0.1, 0.15) is 16.7 Å². The maximum absolute atomic E-state index is 12.6. The highest BCUT2D eigenvalue weighted by atomic mass is 35.5. The lowest BCUT2D eigenvalue weighted by atomic mass is 10.1. The van der Waals surface area contributed by atoms with Crippen molar-refractivity contribution in [2.45, 2.75) is 25.7 Å². The molecule has 2 aromatic rings. The number of nitrogens with two attached hydrogens (primary N) is 1. The van der Waals surface area contributed by atoms with Crippen LogP contribution >= 0.6 is 11.6 Å². The summed E-state index contributed by atoms with van der Waals surface area (Å²) in [5.74, 6) is 0. The van der Waals surface area contributed by atoms with E-state index in [1.165, 1.54) is 0 Å². The van der Waals surface area contributed by atoms with Crippen molar-refractivity contribution in [3.05, 3.63) is 52.0 Å². The van der Waals surface area contributed by atoms with E-state index in [0.717, 1.165) is 5.56 Å². The van der Waals surface area contributed by atoms with Crippen molar-refractivity contribution < 1.29 is 8.42 Å². The number of hydrogen-bond acceptors (Lipinski definition) is 3. The molecule has 2 aromatic carbocycles. The second-order valence-corrected chi connectivity index (χ2v) is 7.05. The minimum Gasteiger partial charge on any atom is -0.398 e. The zero-order valence-electron chi connectivity index (χ0n) is 12.1. The number of halogens is 1. The number of sulfonamides is 1. The van der Waals surface area contributed by atoms with Crippen LogP contribution < -0.4 is 10.5 Å². The Labute approximate surface area is 130 Å². The van der Waals surface area contributed by atoms with E-state index in [1.807, 2.05) is 6.92 Å². The van der Waals surface area contributed by atoms with Gasteiger partial charge in [-0.05, 0) is 61.7 Å². The average Bonchev–Trinajstić information content (AvgIpc) is 2.38. The molecular weight excluding hydrogens is 308 g/mol. The summed E-state index contributed by atoms with van der Waals surface area (Å²) in [7, 11) is -3.70. The summed E-state index contributed by atoms with van der Waals surface area (Å²) >= 11 is 5.79. The van der Waals surface area contributed by atoms with Crippen molar-refractivity contribution in [3.8, 4) is 0 Å². The first-order valence-electron chi connectivity index (χ1n) is 6.37.